The van der Waals surface area contributed by atoms with Crippen molar-refractivity contribution >= 4 is 38.8 Å². The van der Waals surface area contributed by atoms with Crippen LogP contribution in [0.4, 0.5) is 5.82 Å². The van der Waals surface area contributed by atoms with Gasteiger partial charge in [0.15, 0.2) is 0 Å². The first-order valence-corrected chi connectivity index (χ1v) is 12.0. The fraction of sp³-hybridized carbons (Fsp3) is 0.360. The lowest BCUT2D eigenvalue weighted by molar-refractivity contribution is 0.0663. The molecule has 0 atom stereocenters. The molecule has 0 spiro atoms. The Morgan fingerprint density at radius 2 is 1.91 bits per heavy atom. The molecule has 4 aromatic rings. The fourth-order valence-electron chi connectivity index (χ4n) is 4.46. The first-order valence-electron chi connectivity index (χ1n) is 11.2. The maximum absolute atomic E-state index is 13.2. The van der Waals surface area contributed by atoms with Crippen LogP contribution in [0.25, 0.3) is 15.7 Å². The van der Waals surface area contributed by atoms with Gasteiger partial charge < -0.3 is 14.7 Å². The topological polar surface area (TPSA) is 44.1 Å². The molecule has 1 saturated heterocycles. The van der Waals surface area contributed by atoms with E-state index >= 15 is 0 Å². The highest BCUT2D eigenvalue weighted by Crippen LogP contribution is 2.29. The molecule has 7 heteroatoms. The number of imidazole rings is 1. The minimum Gasteiger partial charge on any atom is -0.354 e. The average Bonchev–Trinajstić information content (AvgIpc) is 3.38. The zero-order valence-electron chi connectivity index (χ0n) is 18.9. The lowest BCUT2D eigenvalue weighted by Gasteiger charge is -2.32. The molecule has 0 radical (unpaired) electrons. The molecule has 4 heterocycles. The number of aromatic nitrogens is 2. The van der Waals surface area contributed by atoms with Crippen LogP contribution in [0, 0.1) is 0 Å². The number of carbonyl (C=O) groups excluding carboxylic acids is 1. The second kappa shape index (κ2) is 8.56. The third-order valence-electron chi connectivity index (χ3n) is 6.27. The second-order valence-electron chi connectivity index (χ2n) is 8.58. The van der Waals surface area contributed by atoms with Crippen LogP contribution in [0.1, 0.15) is 27.9 Å². The molecule has 0 unspecified atom stereocenters. The fourth-order valence-corrected chi connectivity index (χ4v) is 5.58. The van der Waals surface area contributed by atoms with Crippen LogP contribution >= 0.6 is 11.3 Å². The average molecular weight is 448 g/mol. The van der Waals surface area contributed by atoms with E-state index in [0.29, 0.717) is 0 Å². The molecule has 0 N–H and O–H groups in total. The van der Waals surface area contributed by atoms with Crippen molar-refractivity contribution in [2.24, 2.45) is 0 Å². The molecule has 1 aliphatic heterocycles. The van der Waals surface area contributed by atoms with Crippen LogP contribution in [0.2, 0.25) is 0 Å². The third-order valence-corrected chi connectivity index (χ3v) is 7.37. The van der Waals surface area contributed by atoms with Crippen LogP contribution < -0.4 is 4.90 Å². The molecule has 1 aromatic carbocycles. The molecular weight excluding hydrogens is 418 g/mol. The Labute approximate surface area is 192 Å². The van der Waals surface area contributed by atoms with Gasteiger partial charge in [-0.15, -0.1) is 11.3 Å². The van der Waals surface area contributed by atoms with E-state index in [9.17, 15) is 4.79 Å². The number of hydrogen-bond donors (Lipinski definition) is 0. The first kappa shape index (κ1) is 21.0. The van der Waals surface area contributed by atoms with E-state index in [1.807, 2.05) is 34.6 Å². The number of hydrogen-bond acceptors (Lipinski definition) is 5. The molecule has 6 nitrogen and oxygen atoms in total. The van der Waals surface area contributed by atoms with E-state index in [0.717, 1.165) is 61.9 Å². The van der Waals surface area contributed by atoms with Crippen molar-refractivity contribution in [2.45, 2.75) is 19.9 Å². The van der Waals surface area contributed by atoms with Gasteiger partial charge >= 0.3 is 0 Å². The highest BCUT2D eigenvalue weighted by Gasteiger charge is 2.22. The summed E-state index contributed by atoms with van der Waals surface area (Å²) in [7, 11) is 4.21. The normalized spacial score (nSPS) is 15.0. The number of benzene rings is 1. The van der Waals surface area contributed by atoms with Crippen molar-refractivity contribution < 1.29 is 4.79 Å². The van der Waals surface area contributed by atoms with Gasteiger partial charge in [-0.25, -0.2) is 4.98 Å². The van der Waals surface area contributed by atoms with E-state index in [2.05, 4.69) is 65.6 Å². The number of piperazine rings is 1. The van der Waals surface area contributed by atoms with Gasteiger partial charge in [-0.05, 0) is 43.1 Å². The van der Waals surface area contributed by atoms with Crippen molar-refractivity contribution in [3.05, 3.63) is 64.8 Å². The first-order chi connectivity index (χ1) is 15.5. The number of pyridine rings is 1. The number of likely N-dealkylation sites (N-methyl/N-ethyl adjacent to an activating group) is 1. The summed E-state index contributed by atoms with van der Waals surface area (Å²) in [6.45, 7) is 6.32. The molecule has 1 aliphatic rings. The van der Waals surface area contributed by atoms with E-state index in [-0.39, 0.29) is 5.91 Å². The van der Waals surface area contributed by atoms with E-state index < -0.39 is 0 Å². The lowest BCUT2D eigenvalue weighted by atomic mass is 10.2. The minimum absolute atomic E-state index is 0.102. The smallest absolute Gasteiger partial charge is 0.255 e. The Balaban J connectivity index is 1.47. The summed E-state index contributed by atoms with van der Waals surface area (Å²) in [4.78, 5) is 25.8. The lowest BCUT2D eigenvalue weighted by Crippen LogP contribution is -2.47. The molecule has 5 rings (SSSR count). The highest BCUT2D eigenvalue weighted by atomic mass is 32.1. The van der Waals surface area contributed by atoms with Crippen molar-refractivity contribution in [1.82, 2.24) is 19.2 Å². The molecule has 1 amide bonds. The maximum Gasteiger partial charge on any atom is 0.255 e. The summed E-state index contributed by atoms with van der Waals surface area (Å²) < 4.78 is 3.40. The Kier molecular flexibility index (Phi) is 5.61. The van der Waals surface area contributed by atoms with E-state index in [1.165, 1.54) is 15.0 Å². The van der Waals surface area contributed by atoms with Gasteiger partial charge in [0, 0.05) is 49.0 Å². The molecule has 166 valence electrons. The summed E-state index contributed by atoms with van der Waals surface area (Å²) in [5.41, 5.74) is 2.66. The van der Waals surface area contributed by atoms with E-state index in [1.54, 1.807) is 0 Å². The molecule has 0 aliphatic carbocycles. The van der Waals surface area contributed by atoms with Crippen LogP contribution in [-0.4, -0.2) is 65.4 Å². The standard InChI is InChI=1S/C25H29N5OS/c1-4-21-24(28(3)17-20-15-18-7-5-6-8-22(18)32-20)30-16-19(9-10-23(30)26-21)25(31)29-13-11-27(2)12-14-29/h5-10,15-16H,4,11-14,17H2,1-3H3. The largest absolute Gasteiger partial charge is 0.354 e. The van der Waals surface area contributed by atoms with Crippen LogP contribution in [-0.2, 0) is 13.0 Å². The number of carbonyl (C=O) groups is 1. The molecule has 1 fully saturated rings. The van der Waals surface area contributed by atoms with Crippen molar-refractivity contribution in [1.29, 1.82) is 0 Å². The number of amides is 1. The zero-order valence-corrected chi connectivity index (χ0v) is 19.7. The van der Waals surface area contributed by atoms with Gasteiger partial charge in [-0.1, -0.05) is 25.1 Å². The van der Waals surface area contributed by atoms with Gasteiger partial charge in [-0.3, -0.25) is 9.20 Å². The van der Waals surface area contributed by atoms with Gasteiger partial charge in [-0.2, -0.15) is 0 Å². The van der Waals surface area contributed by atoms with E-state index in [4.69, 9.17) is 4.98 Å². The monoisotopic (exact) mass is 447 g/mol. The van der Waals surface area contributed by atoms with Gasteiger partial charge in [0.25, 0.3) is 5.91 Å². The zero-order chi connectivity index (χ0) is 22.2. The number of nitrogens with zero attached hydrogens (tertiary/aromatic N) is 5. The Morgan fingerprint density at radius 1 is 1.12 bits per heavy atom. The van der Waals surface area contributed by atoms with Gasteiger partial charge in [0.2, 0.25) is 0 Å². The molecule has 3 aromatic heterocycles. The molecule has 0 bridgehead atoms. The predicted octanol–water partition coefficient (Wildman–Crippen LogP) is 4.14. The summed E-state index contributed by atoms with van der Waals surface area (Å²) in [6.07, 6.45) is 2.81. The summed E-state index contributed by atoms with van der Waals surface area (Å²) in [6, 6.07) is 14.7. The maximum atomic E-state index is 13.2. The summed E-state index contributed by atoms with van der Waals surface area (Å²) >= 11 is 1.83. The summed E-state index contributed by atoms with van der Waals surface area (Å²) in [5.74, 6) is 1.16. The van der Waals surface area contributed by atoms with Crippen molar-refractivity contribution in [3.63, 3.8) is 0 Å². The van der Waals surface area contributed by atoms with Crippen molar-refractivity contribution in [3.8, 4) is 0 Å². The predicted molar refractivity (Wildman–Crippen MR) is 132 cm³/mol. The number of thiophene rings is 1. The van der Waals surface area contributed by atoms with Gasteiger partial charge in [0.1, 0.15) is 11.5 Å². The van der Waals surface area contributed by atoms with Crippen molar-refractivity contribution in [2.75, 3.05) is 45.2 Å². The molecular formula is C25H29N5OS. The summed E-state index contributed by atoms with van der Waals surface area (Å²) in [5, 5.41) is 1.29. The number of rotatable bonds is 5. The third kappa shape index (κ3) is 3.87. The number of fused-ring (bicyclic) bond motifs is 2. The number of anilines is 1. The second-order valence-corrected chi connectivity index (χ2v) is 9.75. The number of aryl methyl sites for hydroxylation is 1. The van der Waals surface area contributed by atoms with Crippen LogP contribution in [0.3, 0.4) is 0 Å². The highest BCUT2D eigenvalue weighted by molar-refractivity contribution is 7.19. The van der Waals surface area contributed by atoms with Gasteiger partial charge in [0.05, 0.1) is 17.8 Å². The molecule has 0 saturated carbocycles. The Bertz CT molecular complexity index is 1240. The Hall–Kier alpha value is -2.90. The van der Waals surface area contributed by atoms with Crippen LogP contribution in [0.5, 0.6) is 0 Å². The molecule has 32 heavy (non-hydrogen) atoms. The Morgan fingerprint density at radius 3 is 2.66 bits per heavy atom. The minimum atomic E-state index is 0.102. The SMILES string of the molecule is CCc1nc2ccc(C(=O)N3CCN(C)CC3)cn2c1N(C)Cc1cc2ccccc2s1. The van der Waals surface area contributed by atoms with Crippen LogP contribution in [0.15, 0.2) is 48.7 Å². The quantitative estimate of drug-likeness (QED) is 0.461.